The summed E-state index contributed by atoms with van der Waals surface area (Å²) in [5.41, 5.74) is -0.828. The fourth-order valence-electron chi connectivity index (χ4n) is 4.92. The van der Waals surface area contributed by atoms with Crippen molar-refractivity contribution < 1.29 is 36.9 Å². The molecule has 2 saturated carbocycles. The highest BCUT2D eigenvalue weighted by Gasteiger charge is 2.58. The smallest absolute Gasteiger partial charge is 0.252 e. The van der Waals surface area contributed by atoms with E-state index in [4.69, 9.17) is 18.9 Å². The van der Waals surface area contributed by atoms with Gasteiger partial charge in [0.05, 0.1) is 25.4 Å². The average molecular weight is 506 g/mol. The van der Waals surface area contributed by atoms with E-state index in [0.717, 1.165) is 12.8 Å². The molecule has 1 aliphatic heterocycles. The number of nitrogens with one attached hydrogen (secondary N) is 1. The Labute approximate surface area is 208 Å². The van der Waals surface area contributed by atoms with Crippen molar-refractivity contribution in [1.29, 1.82) is 0 Å². The van der Waals surface area contributed by atoms with Gasteiger partial charge >= 0.3 is 0 Å². The highest BCUT2D eigenvalue weighted by molar-refractivity contribution is 5.86. The second kappa shape index (κ2) is 9.78. The molecule has 3 aliphatic rings. The monoisotopic (exact) mass is 505 g/mol. The van der Waals surface area contributed by atoms with Crippen LogP contribution in [0.25, 0.3) is 0 Å². The third-order valence-electron chi connectivity index (χ3n) is 6.91. The lowest BCUT2D eigenvalue weighted by Gasteiger charge is -2.43. The quantitative estimate of drug-likeness (QED) is 0.571. The molecule has 2 aliphatic carbocycles. The molecule has 0 aromatic heterocycles. The van der Waals surface area contributed by atoms with Crippen LogP contribution in [0.15, 0.2) is 42.5 Å². The lowest BCUT2D eigenvalue weighted by atomic mass is 9.78. The first-order valence-electron chi connectivity index (χ1n) is 12.2. The number of hydrogen-bond donors (Lipinski definition) is 1. The van der Waals surface area contributed by atoms with E-state index < -0.39 is 41.3 Å². The van der Waals surface area contributed by atoms with Crippen molar-refractivity contribution in [3.63, 3.8) is 0 Å². The number of carbonyl (C=O) groups excluding carboxylic acids is 1. The number of amides is 1. The fourth-order valence-corrected chi connectivity index (χ4v) is 4.92. The Kier molecular flexibility index (Phi) is 6.84. The number of fused-ring (bicyclic) bond motifs is 1. The Morgan fingerprint density at radius 1 is 1.00 bits per heavy atom. The van der Waals surface area contributed by atoms with Gasteiger partial charge in [0.25, 0.3) is 5.91 Å². The molecule has 3 fully saturated rings. The third kappa shape index (κ3) is 5.44. The summed E-state index contributed by atoms with van der Waals surface area (Å²) in [4.78, 5) is 13.6. The molecule has 36 heavy (non-hydrogen) atoms. The molecule has 0 radical (unpaired) electrons. The zero-order chi connectivity index (χ0) is 25.5. The maximum atomic E-state index is 14.3. The van der Waals surface area contributed by atoms with Crippen LogP contribution in [0.4, 0.5) is 13.2 Å². The zero-order valence-corrected chi connectivity index (χ0v) is 20.3. The minimum absolute atomic E-state index is 0.0642. The summed E-state index contributed by atoms with van der Waals surface area (Å²) in [5.74, 6) is -3.01. The van der Waals surface area contributed by atoms with Crippen molar-refractivity contribution in [2.75, 3.05) is 0 Å². The second-order valence-electron chi connectivity index (χ2n) is 10.3. The van der Waals surface area contributed by atoms with Crippen LogP contribution in [0.5, 0.6) is 0 Å². The van der Waals surface area contributed by atoms with E-state index in [2.05, 4.69) is 5.32 Å². The number of benzene rings is 2. The molecular weight excluding hydrogens is 475 g/mol. The summed E-state index contributed by atoms with van der Waals surface area (Å²) in [7, 11) is 0. The maximum Gasteiger partial charge on any atom is 0.252 e. The molecule has 2 aromatic carbocycles. The summed E-state index contributed by atoms with van der Waals surface area (Å²) < 4.78 is 66.5. The van der Waals surface area contributed by atoms with Crippen LogP contribution < -0.4 is 5.32 Å². The summed E-state index contributed by atoms with van der Waals surface area (Å²) >= 11 is 0. The highest BCUT2D eigenvalue weighted by Crippen LogP contribution is 2.44. The van der Waals surface area contributed by atoms with E-state index in [1.165, 1.54) is 30.3 Å². The topological polar surface area (TPSA) is 66.0 Å². The van der Waals surface area contributed by atoms with Gasteiger partial charge in [-0.1, -0.05) is 18.2 Å². The van der Waals surface area contributed by atoms with E-state index in [1.807, 2.05) is 0 Å². The molecule has 6 nitrogen and oxygen atoms in total. The Hall–Kier alpha value is -2.46. The number of hydrogen-bond acceptors (Lipinski definition) is 5. The predicted molar refractivity (Wildman–Crippen MR) is 123 cm³/mol. The Morgan fingerprint density at radius 3 is 2.36 bits per heavy atom. The van der Waals surface area contributed by atoms with E-state index in [-0.39, 0.29) is 49.4 Å². The Bertz CT molecular complexity index is 1090. The molecule has 1 N–H and O–H groups in total. The van der Waals surface area contributed by atoms with Crippen molar-refractivity contribution >= 4 is 5.91 Å². The van der Waals surface area contributed by atoms with Crippen molar-refractivity contribution in [1.82, 2.24) is 5.32 Å². The largest absolute Gasteiger partial charge is 0.370 e. The van der Waals surface area contributed by atoms with Gasteiger partial charge in [0.15, 0.2) is 11.4 Å². The van der Waals surface area contributed by atoms with E-state index in [9.17, 15) is 18.0 Å². The van der Waals surface area contributed by atoms with Crippen LogP contribution in [0.2, 0.25) is 0 Å². The molecule has 1 heterocycles. The Morgan fingerprint density at radius 2 is 1.69 bits per heavy atom. The van der Waals surface area contributed by atoms with Gasteiger partial charge < -0.3 is 24.3 Å². The summed E-state index contributed by atoms with van der Waals surface area (Å²) in [5, 5.41) is 3.03. The first-order chi connectivity index (χ1) is 17.1. The lowest BCUT2D eigenvalue weighted by molar-refractivity contribution is -0.183. The van der Waals surface area contributed by atoms with Gasteiger partial charge in [-0.05, 0) is 56.5 Å². The van der Waals surface area contributed by atoms with Crippen LogP contribution in [0.1, 0.15) is 50.7 Å². The number of ether oxygens (including phenoxy) is 4. The molecular formula is C27H30F3NO5. The van der Waals surface area contributed by atoms with Crippen molar-refractivity contribution in [3.05, 3.63) is 71.0 Å². The summed E-state index contributed by atoms with van der Waals surface area (Å²) in [6, 6.07) is 9.58. The van der Waals surface area contributed by atoms with Crippen LogP contribution in [0.3, 0.4) is 0 Å². The minimum Gasteiger partial charge on any atom is -0.370 e. The molecule has 1 saturated heterocycles. The predicted octanol–water partition coefficient (Wildman–Crippen LogP) is 4.54. The highest BCUT2D eigenvalue weighted by atomic mass is 19.1. The van der Waals surface area contributed by atoms with Gasteiger partial charge in [-0.2, -0.15) is 0 Å². The number of halogens is 3. The van der Waals surface area contributed by atoms with Gasteiger partial charge in [0, 0.05) is 24.4 Å². The standard InChI is InChI=1S/C27H30F3NO5/c1-26(2)35-23-13-27(25(32)31-18-10-11-18,34-14-16-6-8-17(28)9-7-16)12-22(24(23)36-26)33-15-19-20(29)4-3-5-21(19)30/h3-9,18,22-24H,10-15H2,1-2H3,(H,31,32)/t22?,23-,24+,27-/m1/s1. The molecule has 2 aromatic rings. The van der Waals surface area contributed by atoms with E-state index >= 15 is 0 Å². The molecule has 0 spiro atoms. The molecule has 0 bridgehead atoms. The molecule has 1 amide bonds. The maximum absolute atomic E-state index is 14.3. The van der Waals surface area contributed by atoms with Crippen LogP contribution in [-0.2, 0) is 37.0 Å². The molecule has 1 unspecified atom stereocenters. The summed E-state index contributed by atoms with van der Waals surface area (Å²) in [6.45, 7) is 3.26. The minimum atomic E-state index is -1.33. The number of rotatable bonds is 8. The molecule has 4 atom stereocenters. The lowest BCUT2D eigenvalue weighted by Crippen LogP contribution is -2.60. The number of carbonyl (C=O) groups is 1. The molecule has 194 valence electrons. The Balaban J connectivity index is 1.41. The van der Waals surface area contributed by atoms with Gasteiger partial charge in [0.2, 0.25) is 0 Å². The van der Waals surface area contributed by atoms with E-state index in [1.54, 1.807) is 26.0 Å². The first-order valence-corrected chi connectivity index (χ1v) is 12.2. The SMILES string of the molecule is CC1(C)O[C@@H]2C[C@@](OCc3ccc(F)cc3)(C(=O)NC3CC3)CC(OCc3c(F)cccc3F)[C@@H]2O1. The third-order valence-corrected chi connectivity index (χ3v) is 6.91. The normalized spacial score (nSPS) is 29.1. The molecule has 5 rings (SSSR count). The first kappa shape index (κ1) is 25.2. The molecule has 9 heteroatoms. The summed E-state index contributed by atoms with van der Waals surface area (Å²) in [6.07, 6.45) is 0.282. The zero-order valence-electron chi connectivity index (χ0n) is 20.3. The fraction of sp³-hybridized carbons (Fsp3) is 0.519. The van der Waals surface area contributed by atoms with E-state index in [0.29, 0.717) is 5.56 Å². The van der Waals surface area contributed by atoms with Crippen molar-refractivity contribution in [2.24, 2.45) is 0 Å². The van der Waals surface area contributed by atoms with Crippen LogP contribution in [-0.4, -0.2) is 41.6 Å². The van der Waals surface area contributed by atoms with Crippen LogP contribution >= 0.6 is 0 Å². The average Bonchev–Trinajstić information content (AvgIpc) is 3.58. The van der Waals surface area contributed by atoms with Gasteiger partial charge in [0.1, 0.15) is 23.6 Å². The van der Waals surface area contributed by atoms with Gasteiger partial charge in [-0.25, -0.2) is 13.2 Å². The second-order valence-corrected chi connectivity index (χ2v) is 10.3. The van der Waals surface area contributed by atoms with Gasteiger partial charge in [-0.15, -0.1) is 0 Å². The van der Waals surface area contributed by atoms with Crippen LogP contribution in [0, 0.1) is 17.5 Å². The van der Waals surface area contributed by atoms with Crippen molar-refractivity contribution in [3.8, 4) is 0 Å². The van der Waals surface area contributed by atoms with Crippen molar-refractivity contribution in [2.45, 2.75) is 88.5 Å². The van der Waals surface area contributed by atoms with Gasteiger partial charge in [-0.3, -0.25) is 4.79 Å².